The van der Waals surface area contributed by atoms with Crippen LogP contribution in [0.2, 0.25) is 0 Å². The predicted molar refractivity (Wildman–Crippen MR) is 111 cm³/mol. The van der Waals surface area contributed by atoms with E-state index in [9.17, 15) is 0 Å². The minimum atomic E-state index is -0.286. The number of rotatable bonds is 11. The van der Waals surface area contributed by atoms with Gasteiger partial charge < -0.3 is 13.9 Å². The fourth-order valence-electron chi connectivity index (χ4n) is 3.28. The molecule has 0 aliphatic heterocycles. The SMILES string of the molecule is CCC(C)(C)CC(c1ccc(OC(C)OCCc2ccco2)cc1)C(C)C. The van der Waals surface area contributed by atoms with Crippen molar-refractivity contribution >= 4 is 0 Å². The molecule has 0 aliphatic rings. The Kier molecular flexibility index (Phi) is 7.97. The van der Waals surface area contributed by atoms with Crippen LogP contribution >= 0.6 is 0 Å². The summed E-state index contributed by atoms with van der Waals surface area (Å²) in [4.78, 5) is 0. The lowest BCUT2D eigenvalue weighted by molar-refractivity contribution is -0.0662. The van der Waals surface area contributed by atoms with Crippen LogP contribution in [0, 0.1) is 11.3 Å². The summed E-state index contributed by atoms with van der Waals surface area (Å²) >= 11 is 0. The van der Waals surface area contributed by atoms with Gasteiger partial charge in [-0.05, 0) is 60.4 Å². The van der Waals surface area contributed by atoms with Gasteiger partial charge in [0.2, 0.25) is 0 Å². The van der Waals surface area contributed by atoms with Crippen molar-refractivity contribution in [2.24, 2.45) is 11.3 Å². The molecule has 0 radical (unpaired) electrons. The first-order valence-electron chi connectivity index (χ1n) is 10.2. The Hall–Kier alpha value is -1.74. The number of furan rings is 1. The quantitative estimate of drug-likeness (QED) is 0.405. The lowest BCUT2D eigenvalue weighted by Crippen LogP contribution is -2.19. The number of ether oxygens (including phenoxy) is 2. The molecule has 0 spiro atoms. The molecule has 2 rings (SSSR count). The van der Waals surface area contributed by atoms with E-state index in [-0.39, 0.29) is 6.29 Å². The second-order valence-corrected chi connectivity index (χ2v) is 8.53. The summed E-state index contributed by atoms with van der Waals surface area (Å²) in [5, 5.41) is 0. The molecule has 3 heteroatoms. The van der Waals surface area contributed by atoms with E-state index in [1.165, 1.54) is 18.4 Å². The molecule has 150 valence electrons. The van der Waals surface area contributed by atoms with Crippen LogP contribution in [-0.4, -0.2) is 12.9 Å². The van der Waals surface area contributed by atoms with Crippen LogP contribution in [0.1, 0.15) is 71.6 Å². The van der Waals surface area contributed by atoms with Crippen LogP contribution in [0.15, 0.2) is 47.1 Å². The number of hydrogen-bond donors (Lipinski definition) is 0. The molecule has 0 bridgehead atoms. The molecule has 0 N–H and O–H groups in total. The molecule has 0 saturated carbocycles. The van der Waals surface area contributed by atoms with E-state index in [4.69, 9.17) is 13.9 Å². The summed E-state index contributed by atoms with van der Waals surface area (Å²) in [5.41, 5.74) is 1.76. The molecule has 0 aliphatic carbocycles. The van der Waals surface area contributed by atoms with Crippen molar-refractivity contribution < 1.29 is 13.9 Å². The molecule has 0 saturated heterocycles. The highest BCUT2D eigenvalue weighted by Crippen LogP contribution is 2.38. The monoisotopic (exact) mass is 372 g/mol. The average molecular weight is 373 g/mol. The van der Waals surface area contributed by atoms with E-state index in [0.717, 1.165) is 17.9 Å². The van der Waals surface area contributed by atoms with Gasteiger partial charge in [-0.25, -0.2) is 0 Å². The first-order chi connectivity index (χ1) is 12.8. The van der Waals surface area contributed by atoms with Gasteiger partial charge in [0.25, 0.3) is 0 Å². The average Bonchev–Trinajstić information content (AvgIpc) is 3.14. The summed E-state index contributed by atoms with van der Waals surface area (Å²) in [5.74, 6) is 2.96. The largest absolute Gasteiger partial charge is 0.469 e. The molecular weight excluding hydrogens is 336 g/mol. The summed E-state index contributed by atoms with van der Waals surface area (Å²) < 4.78 is 16.9. The molecule has 27 heavy (non-hydrogen) atoms. The minimum Gasteiger partial charge on any atom is -0.469 e. The van der Waals surface area contributed by atoms with E-state index in [1.54, 1.807) is 6.26 Å². The fourth-order valence-corrected chi connectivity index (χ4v) is 3.28. The van der Waals surface area contributed by atoms with Crippen LogP contribution in [-0.2, 0) is 11.2 Å². The zero-order valence-electron chi connectivity index (χ0n) is 17.8. The Balaban J connectivity index is 1.88. The summed E-state index contributed by atoms with van der Waals surface area (Å²) in [6.07, 6.45) is 4.55. The van der Waals surface area contributed by atoms with E-state index in [2.05, 4.69) is 58.9 Å². The zero-order chi connectivity index (χ0) is 19.9. The van der Waals surface area contributed by atoms with Gasteiger partial charge in [-0.2, -0.15) is 0 Å². The number of benzene rings is 1. The van der Waals surface area contributed by atoms with Crippen LogP contribution in [0.5, 0.6) is 5.75 Å². The Morgan fingerprint density at radius 1 is 1.04 bits per heavy atom. The maximum Gasteiger partial charge on any atom is 0.196 e. The van der Waals surface area contributed by atoms with Gasteiger partial charge in [0.05, 0.1) is 12.9 Å². The third kappa shape index (κ3) is 7.06. The van der Waals surface area contributed by atoms with Gasteiger partial charge in [0, 0.05) is 6.42 Å². The zero-order valence-corrected chi connectivity index (χ0v) is 17.8. The first kappa shape index (κ1) is 21.6. The second-order valence-electron chi connectivity index (χ2n) is 8.53. The maximum absolute atomic E-state index is 5.90. The molecular formula is C24H36O3. The van der Waals surface area contributed by atoms with Gasteiger partial charge in [-0.15, -0.1) is 0 Å². The molecule has 2 atom stereocenters. The normalized spacial score (nSPS) is 14.3. The topological polar surface area (TPSA) is 31.6 Å². The standard InChI is InChI=1S/C24H36O3/c1-7-24(5,6)17-23(18(2)3)20-10-12-22(13-11-20)27-19(4)25-16-14-21-9-8-15-26-21/h8-13,15,18-19,23H,7,14,16-17H2,1-6H3. The van der Waals surface area contributed by atoms with E-state index >= 15 is 0 Å². The first-order valence-corrected chi connectivity index (χ1v) is 10.2. The van der Waals surface area contributed by atoms with E-state index < -0.39 is 0 Å². The van der Waals surface area contributed by atoms with Crippen LogP contribution < -0.4 is 4.74 Å². The molecule has 1 aromatic carbocycles. The number of hydrogen-bond acceptors (Lipinski definition) is 3. The summed E-state index contributed by atoms with van der Waals surface area (Å²) in [6, 6.07) is 12.4. The van der Waals surface area contributed by atoms with Crippen molar-refractivity contribution in [3.8, 4) is 5.75 Å². The minimum absolute atomic E-state index is 0.286. The molecule has 1 heterocycles. The van der Waals surface area contributed by atoms with Crippen molar-refractivity contribution in [2.75, 3.05) is 6.61 Å². The lowest BCUT2D eigenvalue weighted by Gasteiger charge is -2.31. The van der Waals surface area contributed by atoms with Gasteiger partial charge in [-0.1, -0.05) is 53.2 Å². The molecule has 2 unspecified atom stereocenters. The van der Waals surface area contributed by atoms with Gasteiger partial charge in [0.1, 0.15) is 11.5 Å². The van der Waals surface area contributed by atoms with Crippen molar-refractivity contribution in [3.05, 3.63) is 54.0 Å². The Morgan fingerprint density at radius 3 is 2.30 bits per heavy atom. The molecule has 0 fully saturated rings. The molecule has 0 amide bonds. The van der Waals surface area contributed by atoms with Crippen molar-refractivity contribution in [2.45, 2.75) is 73.0 Å². The van der Waals surface area contributed by atoms with Crippen LogP contribution in [0.25, 0.3) is 0 Å². The predicted octanol–water partition coefficient (Wildman–Crippen LogP) is 6.83. The van der Waals surface area contributed by atoms with Gasteiger partial charge in [0.15, 0.2) is 6.29 Å². The van der Waals surface area contributed by atoms with Gasteiger partial charge >= 0.3 is 0 Å². The van der Waals surface area contributed by atoms with Crippen LogP contribution in [0.3, 0.4) is 0 Å². The molecule has 1 aromatic heterocycles. The fraction of sp³-hybridized carbons (Fsp3) is 0.583. The highest BCUT2D eigenvalue weighted by molar-refractivity contribution is 5.30. The Morgan fingerprint density at radius 2 is 1.74 bits per heavy atom. The third-order valence-corrected chi connectivity index (χ3v) is 5.43. The van der Waals surface area contributed by atoms with Gasteiger partial charge in [-0.3, -0.25) is 0 Å². The smallest absolute Gasteiger partial charge is 0.196 e. The van der Waals surface area contributed by atoms with Crippen LogP contribution in [0.4, 0.5) is 0 Å². The summed E-state index contributed by atoms with van der Waals surface area (Å²) in [6.45, 7) is 14.1. The highest BCUT2D eigenvalue weighted by atomic mass is 16.7. The Labute approximate surface area is 165 Å². The third-order valence-electron chi connectivity index (χ3n) is 5.43. The van der Waals surface area contributed by atoms with E-state index in [1.807, 2.05) is 19.1 Å². The summed E-state index contributed by atoms with van der Waals surface area (Å²) in [7, 11) is 0. The highest BCUT2D eigenvalue weighted by Gasteiger charge is 2.25. The molecule has 3 nitrogen and oxygen atoms in total. The van der Waals surface area contributed by atoms with E-state index in [0.29, 0.717) is 23.9 Å². The molecule has 2 aromatic rings. The second kappa shape index (κ2) is 9.98. The maximum atomic E-state index is 5.90. The Bertz CT molecular complexity index is 641. The van der Waals surface area contributed by atoms with Crippen molar-refractivity contribution in [3.63, 3.8) is 0 Å². The lowest BCUT2D eigenvalue weighted by atomic mass is 9.74. The van der Waals surface area contributed by atoms with Crippen molar-refractivity contribution in [1.82, 2.24) is 0 Å². The van der Waals surface area contributed by atoms with Crippen molar-refractivity contribution in [1.29, 1.82) is 0 Å².